The summed E-state index contributed by atoms with van der Waals surface area (Å²) in [5.41, 5.74) is -0.285. The molecule has 1 atom stereocenters. The van der Waals surface area contributed by atoms with E-state index in [-0.39, 0.29) is 5.56 Å². The summed E-state index contributed by atoms with van der Waals surface area (Å²) in [6.45, 7) is 8.47. The molecule has 22 heavy (non-hydrogen) atoms. The van der Waals surface area contributed by atoms with Crippen LogP contribution in [-0.2, 0) is 6.18 Å². The van der Waals surface area contributed by atoms with Crippen molar-refractivity contribution in [2.45, 2.75) is 25.6 Å². The van der Waals surface area contributed by atoms with Crippen LogP contribution < -0.4 is 5.32 Å². The van der Waals surface area contributed by atoms with Crippen LogP contribution in [0.25, 0.3) is 0 Å². The minimum atomic E-state index is -4.68. The first-order chi connectivity index (χ1) is 10.3. The number of alkyl halides is 3. The summed E-state index contributed by atoms with van der Waals surface area (Å²) in [6.07, 6.45) is -4.24. The topological polar surface area (TPSA) is 15.3 Å². The Morgan fingerprint density at radius 1 is 1.32 bits per heavy atom. The summed E-state index contributed by atoms with van der Waals surface area (Å²) in [5.74, 6) is -1.17. The third kappa shape index (κ3) is 3.87. The monoisotopic (exact) mass is 316 g/mol. The van der Waals surface area contributed by atoms with Crippen LogP contribution in [0, 0.1) is 5.82 Å². The van der Waals surface area contributed by atoms with Crippen LogP contribution in [0.3, 0.4) is 0 Å². The molecular weight excluding hydrogens is 296 g/mol. The Labute approximate surface area is 127 Å². The zero-order valence-electron chi connectivity index (χ0n) is 12.5. The fourth-order valence-corrected chi connectivity index (χ4v) is 2.79. The normalized spacial score (nSPS) is 18.2. The largest absolute Gasteiger partial charge is 0.419 e. The second-order valence-corrected chi connectivity index (χ2v) is 5.67. The average Bonchev–Trinajstić information content (AvgIpc) is 2.45. The molecule has 1 aromatic rings. The highest BCUT2D eigenvalue weighted by Crippen LogP contribution is 2.36. The number of benzene rings is 1. The van der Waals surface area contributed by atoms with Gasteiger partial charge in [-0.05, 0) is 19.4 Å². The van der Waals surface area contributed by atoms with Crippen molar-refractivity contribution in [3.63, 3.8) is 0 Å². The number of nitrogens with one attached hydrogen (secondary N) is 1. The Balaban J connectivity index is 2.40. The molecule has 1 aliphatic rings. The molecule has 0 amide bonds. The second kappa shape index (κ2) is 6.79. The number of piperazine rings is 1. The van der Waals surface area contributed by atoms with Crippen molar-refractivity contribution < 1.29 is 17.6 Å². The molecule has 1 aromatic carbocycles. The van der Waals surface area contributed by atoms with Gasteiger partial charge in [-0.3, -0.25) is 4.90 Å². The lowest BCUT2D eigenvalue weighted by molar-refractivity contribution is -0.140. The maximum absolute atomic E-state index is 14.4. The number of hydrogen-bond donors (Lipinski definition) is 1. The van der Waals surface area contributed by atoms with E-state index in [4.69, 9.17) is 0 Å². The average molecular weight is 316 g/mol. The van der Waals surface area contributed by atoms with E-state index in [0.717, 1.165) is 24.7 Å². The van der Waals surface area contributed by atoms with Gasteiger partial charge >= 0.3 is 6.18 Å². The lowest BCUT2D eigenvalue weighted by Crippen LogP contribution is -2.45. The Morgan fingerprint density at radius 3 is 2.50 bits per heavy atom. The summed E-state index contributed by atoms with van der Waals surface area (Å²) in [7, 11) is 0. The third-order valence-electron chi connectivity index (χ3n) is 3.83. The van der Waals surface area contributed by atoms with E-state index in [1.54, 1.807) is 6.92 Å². The minimum absolute atomic E-state index is 0.0970. The molecule has 0 aromatic heterocycles. The first kappa shape index (κ1) is 17.0. The van der Waals surface area contributed by atoms with Gasteiger partial charge in [-0.1, -0.05) is 17.7 Å². The van der Waals surface area contributed by atoms with Crippen molar-refractivity contribution in [2.75, 3.05) is 26.2 Å². The van der Waals surface area contributed by atoms with Gasteiger partial charge in [0.2, 0.25) is 0 Å². The van der Waals surface area contributed by atoms with Gasteiger partial charge in [0, 0.05) is 37.8 Å². The highest BCUT2D eigenvalue weighted by atomic mass is 19.4. The predicted molar refractivity (Wildman–Crippen MR) is 78.0 cm³/mol. The molecule has 0 unspecified atom stereocenters. The van der Waals surface area contributed by atoms with Gasteiger partial charge in [0.15, 0.2) is 0 Å². The molecule has 2 rings (SSSR count). The zero-order chi connectivity index (χ0) is 16.3. The van der Waals surface area contributed by atoms with E-state index >= 15 is 0 Å². The first-order valence-electron chi connectivity index (χ1n) is 7.25. The molecule has 0 radical (unpaired) electrons. The van der Waals surface area contributed by atoms with Crippen LogP contribution in [0.15, 0.2) is 30.4 Å². The third-order valence-corrected chi connectivity index (χ3v) is 3.83. The fourth-order valence-electron chi connectivity index (χ4n) is 2.79. The number of nitrogens with zero attached hydrogens (tertiary/aromatic N) is 1. The number of rotatable bonds is 4. The molecule has 0 saturated carbocycles. The summed E-state index contributed by atoms with van der Waals surface area (Å²) in [5, 5.41) is 3.19. The smallest absolute Gasteiger partial charge is 0.314 e. The van der Waals surface area contributed by atoms with E-state index in [1.807, 2.05) is 4.90 Å². The summed E-state index contributed by atoms with van der Waals surface area (Å²) in [6, 6.07) is 3.09. The zero-order valence-corrected chi connectivity index (χ0v) is 12.5. The highest BCUT2D eigenvalue weighted by molar-refractivity contribution is 5.31. The van der Waals surface area contributed by atoms with Crippen molar-refractivity contribution in [1.29, 1.82) is 0 Å². The molecule has 0 spiro atoms. The minimum Gasteiger partial charge on any atom is -0.314 e. The molecule has 1 fully saturated rings. The molecule has 0 aliphatic carbocycles. The van der Waals surface area contributed by atoms with E-state index in [0.29, 0.717) is 19.5 Å². The summed E-state index contributed by atoms with van der Waals surface area (Å²) < 4.78 is 53.2. The molecule has 2 nitrogen and oxygen atoms in total. The molecule has 1 heterocycles. The van der Waals surface area contributed by atoms with Crippen molar-refractivity contribution >= 4 is 0 Å². The standard InChI is InChI=1S/C16H20F4N2/c1-11(2)10-14(22-8-6-21-7-9-22)12-4-3-5-13(15(12)17)16(18,19)20/h3-5,14,21H,1,6-10H2,2H3/t14-/m0/s1. The van der Waals surface area contributed by atoms with Gasteiger partial charge in [-0.15, -0.1) is 6.58 Å². The van der Waals surface area contributed by atoms with Crippen molar-refractivity contribution in [1.82, 2.24) is 10.2 Å². The Hall–Kier alpha value is -1.40. The van der Waals surface area contributed by atoms with Gasteiger partial charge in [0.25, 0.3) is 0 Å². The Kier molecular flexibility index (Phi) is 5.24. The number of hydrogen-bond acceptors (Lipinski definition) is 2. The maximum atomic E-state index is 14.4. The van der Waals surface area contributed by atoms with Crippen LogP contribution in [0.1, 0.15) is 30.5 Å². The molecular formula is C16H20F4N2. The number of halogens is 4. The Morgan fingerprint density at radius 2 is 1.95 bits per heavy atom. The van der Waals surface area contributed by atoms with E-state index in [2.05, 4.69) is 11.9 Å². The lowest BCUT2D eigenvalue weighted by atomic mass is 9.95. The summed E-state index contributed by atoms with van der Waals surface area (Å²) in [4.78, 5) is 2.02. The van der Waals surface area contributed by atoms with Crippen LogP contribution in [0.4, 0.5) is 17.6 Å². The molecule has 122 valence electrons. The molecule has 1 saturated heterocycles. The van der Waals surface area contributed by atoms with Crippen LogP contribution in [0.5, 0.6) is 0 Å². The van der Waals surface area contributed by atoms with Gasteiger partial charge in [0.1, 0.15) is 5.82 Å². The second-order valence-electron chi connectivity index (χ2n) is 5.67. The quantitative estimate of drug-likeness (QED) is 0.672. The van der Waals surface area contributed by atoms with E-state index in [9.17, 15) is 17.6 Å². The lowest BCUT2D eigenvalue weighted by Gasteiger charge is -2.36. The van der Waals surface area contributed by atoms with Crippen LogP contribution in [-0.4, -0.2) is 31.1 Å². The molecule has 6 heteroatoms. The van der Waals surface area contributed by atoms with Crippen molar-refractivity contribution in [3.05, 3.63) is 47.3 Å². The van der Waals surface area contributed by atoms with Gasteiger partial charge in [-0.2, -0.15) is 13.2 Å². The predicted octanol–water partition coefficient (Wildman–Crippen LogP) is 3.76. The van der Waals surface area contributed by atoms with Crippen molar-refractivity contribution in [2.24, 2.45) is 0 Å². The van der Waals surface area contributed by atoms with Crippen LogP contribution >= 0.6 is 0 Å². The van der Waals surface area contributed by atoms with Gasteiger partial charge in [0.05, 0.1) is 5.56 Å². The fraction of sp³-hybridized carbons (Fsp3) is 0.500. The molecule has 0 bridgehead atoms. The SMILES string of the molecule is C=C(C)C[C@@H](c1cccc(C(F)(F)F)c1F)N1CCNCC1. The van der Waals surface area contributed by atoms with Crippen LogP contribution in [0.2, 0.25) is 0 Å². The highest BCUT2D eigenvalue weighted by Gasteiger charge is 2.36. The first-order valence-corrected chi connectivity index (χ1v) is 7.25. The van der Waals surface area contributed by atoms with Gasteiger partial charge in [-0.25, -0.2) is 4.39 Å². The molecule has 1 aliphatic heterocycles. The Bertz CT molecular complexity index is 533. The van der Waals surface area contributed by atoms with E-state index in [1.165, 1.54) is 12.1 Å². The molecule has 1 N–H and O–H groups in total. The van der Waals surface area contributed by atoms with Crippen molar-refractivity contribution in [3.8, 4) is 0 Å². The maximum Gasteiger partial charge on any atom is 0.419 e. The van der Waals surface area contributed by atoms with E-state index < -0.39 is 23.6 Å². The van der Waals surface area contributed by atoms with Gasteiger partial charge < -0.3 is 5.32 Å². The summed E-state index contributed by atoms with van der Waals surface area (Å²) >= 11 is 0.